The number of hydrogen-bond acceptors (Lipinski definition) is 5. The number of hydrogen-bond donors (Lipinski definition) is 0. The summed E-state index contributed by atoms with van der Waals surface area (Å²) in [6.45, 7) is 0.387. The second-order valence-electron chi connectivity index (χ2n) is 6.38. The van der Waals surface area contributed by atoms with Gasteiger partial charge < -0.3 is 9.42 Å². The van der Waals surface area contributed by atoms with Crippen molar-refractivity contribution >= 4 is 15.7 Å². The molecule has 1 amide bonds. The van der Waals surface area contributed by atoms with Crippen molar-refractivity contribution in [1.29, 1.82) is 0 Å². The second-order valence-corrected chi connectivity index (χ2v) is 8.40. The largest absolute Gasteiger partial charge is 0.364 e. The Morgan fingerprint density at radius 3 is 2.38 bits per heavy atom. The van der Waals surface area contributed by atoms with Gasteiger partial charge in [0.1, 0.15) is 12.0 Å². The van der Waals surface area contributed by atoms with Gasteiger partial charge in [0, 0.05) is 19.4 Å². The molecule has 1 fully saturated rings. The van der Waals surface area contributed by atoms with Crippen LogP contribution in [0, 0.1) is 0 Å². The van der Waals surface area contributed by atoms with Crippen LogP contribution < -0.4 is 0 Å². The average molecular weight is 348 g/mol. The maximum absolute atomic E-state index is 13.0. The zero-order valence-electron chi connectivity index (χ0n) is 13.7. The molecule has 1 aliphatic carbocycles. The molecular formula is C17H20N2O4S. The Morgan fingerprint density at radius 1 is 1.25 bits per heavy atom. The van der Waals surface area contributed by atoms with Gasteiger partial charge in [0.2, 0.25) is 5.91 Å². The third-order valence-electron chi connectivity index (χ3n) is 4.69. The number of likely N-dealkylation sites (N-methyl/N-ethyl adjacent to an activating group) is 1. The molecule has 0 radical (unpaired) electrons. The SMILES string of the molecule is CN(Cc1ccon1)C(=O)C1(c2ccc(S(C)(=O)=O)cc2)CCC1. The Hall–Kier alpha value is -2.15. The zero-order chi connectivity index (χ0) is 17.4. The standard InChI is InChI=1S/C17H20N2O4S/c1-19(12-14-8-11-23-18-14)16(20)17(9-3-10-17)13-4-6-15(7-5-13)24(2,21)22/h4-8,11H,3,9-10,12H2,1-2H3. The van der Waals surface area contributed by atoms with Crippen LogP contribution in [0.1, 0.15) is 30.5 Å². The molecule has 1 heterocycles. The number of carbonyl (C=O) groups excluding carboxylic acids is 1. The summed E-state index contributed by atoms with van der Waals surface area (Å²) in [6.07, 6.45) is 5.19. The molecule has 2 aromatic rings. The first kappa shape index (κ1) is 16.7. The van der Waals surface area contributed by atoms with Gasteiger partial charge in [-0.2, -0.15) is 0 Å². The summed E-state index contributed by atoms with van der Waals surface area (Å²) in [4.78, 5) is 14.9. The molecule has 0 atom stereocenters. The third-order valence-corrected chi connectivity index (χ3v) is 5.82. The fourth-order valence-electron chi connectivity index (χ4n) is 3.18. The van der Waals surface area contributed by atoms with Crippen LogP contribution in [0.2, 0.25) is 0 Å². The molecule has 0 spiro atoms. The van der Waals surface area contributed by atoms with Crippen molar-refractivity contribution < 1.29 is 17.7 Å². The molecule has 1 aromatic heterocycles. The Bertz CT molecular complexity index is 822. The first-order valence-electron chi connectivity index (χ1n) is 7.78. The summed E-state index contributed by atoms with van der Waals surface area (Å²) in [6, 6.07) is 8.41. The van der Waals surface area contributed by atoms with E-state index in [1.165, 1.54) is 12.5 Å². The fraction of sp³-hybridized carbons (Fsp3) is 0.412. The fourth-order valence-corrected chi connectivity index (χ4v) is 3.81. The van der Waals surface area contributed by atoms with Gasteiger partial charge in [-0.3, -0.25) is 4.79 Å². The number of aromatic nitrogens is 1. The van der Waals surface area contributed by atoms with Crippen LogP contribution in [0.3, 0.4) is 0 Å². The molecule has 0 N–H and O–H groups in total. The monoisotopic (exact) mass is 348 g/mol. The van der Waals surface area contributed by atoms with E-state index in [4.69, 9.17) is 4.52 Å². The van der Waals surface area contributed by atoms with E-state index < -0.39 is 15.3 Å². The van der Waals surface area contributed by atoms with E-state index in [2.05, 4.69) is 5.16 Å². The predicted molar refractivity (Wildman–Crippen MR) is 88.1 cm³/mol. The van der Waals surface area contributed by atoms with Crippen LogP contribution in [0.5, 0.6) is 0 Å². The molecule has 128 valence electrons. The highest BCUT2D eigenvalue weighted by Crippen LogP contribution is 2.45. The lowest BCUT2D eigenvalue weighted by molar-refractivity contribution is -0.140. The molecule has 1 aromatic carbocycles. The molecule has 0 saturated heterocycles. The maximum atomic E-state index is 13.0. The van der Waals surface area contributed by atoms with Crippen LogP contribution in [-0.2, 0) is 26.6 Å². The number of nitrogens with zero attached hydrogens (tertiary/aromatic N) is 2. The highest BCUT2D eigenvalue weighted by Gasteiger charge is 2.47. The smallest absolute Gasteiger partial charge is 0.233 e. The first-order valence-corrected chi connectivity index (χ1v) is 9.67. The number of amides is 1. The van der Waals surface area contributed by atoms with E-state index in [0.29, 0.717) is 12.2 Å². The highest BCUT2D eigenvalue weighted by atomic mass is 32.2. The molecule has 3 rings (SSSR count). The van der Waals surface area contributed by atoms with Crippen molar-refractivity contribution in [1.82, 2.24) is 10.1 Å². The van der Waals surface area contributed by atoms with Gasteiger partial charge >= 0.3 is 0 Å². The number of rotatable bonds is 5. The van der Waals surface area contributed by atoms with E-state index >= 15 is 0 Å². The third kappa shape index (κ3) is 2.96. The summed E-state index contributed by atoms with van der Waals surface area (Å²) < 4.78 is 28.0. The summed E-state index contributed by atoms with van der Waals surface area (Å²) in [5.74, 6) is 0.0313. The van der Waals surface area contributed by atoms with Gasteiger partial charge in [0.05, 0.1) is 16.9 Å². The van der Waals surface area contributed by atoms with Crippen LogP contribution in [0.15, 0.2) is 46.0 Å². The Kier molecular flexibility index (Phi) is 4.21. The quantitative estimate of drug-likeness (QED) is 0.827. The molecule has 0 unspecified atom stereocenters. The predicted octanol–water partition coefficient (Wildman–Crippen LogP) is 2.16. The van der Waals surface area contributed by atoms with Crippen molar-refractivity contribution in [2.75, 3.05) is 13.3 Å². The summed E-state index contributed by atoms with van der Waals surface area (Å²) in [5.41, 5.74) is 1.01. The summed E-state index contributed by atoms with van der Waals surface area (Å²) in [5, 5.41) is 3.84. The number of carbonyl (C=O) groups is 1. The topological polar surface area (TPSA) is 80.5 Å². The van der Waals surface area contributed by atoms with Gasteiger partial charge in [-0.05, 0) is 30.5 Å². The van der Waals surface area contributed by atoms with Crippen LogP contribution >= 0.6 is 0 Å². The lowest BCUT2D eigenvalue weighted by Gasteiger charge is -2.43. The van der Waals surface area contributed by atoms with E-state index in [1.807, 2.05) is 0 Å². The number of benzene rings is 1. The minimum absolute atomic E-state index is 0.0313. The first-order chi connectivity index (χ1) is 11.3. The summed E-state index contributed by atoms with van der Waals surface area (Å²) >= 11 is 0. The van der Waals surface area contributed by atoms with Gasteiger partial charge in [0.15, 0.2) is 9.84 Å². The van der Waals surface area contributed by atoms with Crippen LogP contribution in [0.25, 0.3) is 0 Å². The average Bonchev–Trinajstić information content (AvgIpc) is 2.98. The number of sulfone groups is 1. The minimum atomic E-state index is -3.24. The molecule has 1 saturated carbocycles. The molecular weight excluding hydrogens is 328 g/mol. The van der Waals surface area contributed by atoms with Crippen LogP contribution in [-0.4, -0.2) is 37.7 Å². The van der Waals surface area contributed by atoms with Crippen molar-refractivity contribution in [2.24, 2.45) is 0 Å². The molecule has 0 aliphatic heterocycles. The summed E-state index contributed by atoms with van der Waals surface area (Å²) in [7, 11) is -1.49. The van der Waals surface area contributed by atoms with E-state index in [0.717, 1.165) is 24.8 Å². The van der Waals surface area contributed by atoms with Crippen molar-refractivity contribution in [3.8, 4) is 0 Å². The minimum Gasteiger partial charge on any atom is -0.364 e. The van der Waals surface area contributed by atoms with Gasteiger partial charge in [0.25, 0.3) is 0 Å². The highest BCUT2D eigenvalue weighted by molar-refractivity contribution is 7.90. The molecule has 24 heavy (non-hydrogen) atoms. The van der Waals surface area contributed by atoms with Crippen molar-refractivity contribution in [3.63, 3.8) is 0 Å². The Morgan fingerprint density at radius 2 is 1.92 bits per heavy atom. The lowest BCUT2D eigenvalue weighted by atomic mass is 9.63. The van der Waals surface area contributed by atoms with Gasteiger partial charge in [-0.25, -0.2) is 8.42 Å². The molecule has 0 bridgehead atoms. The Labute approximate surface area is 141 Å². The maximum Gasteiger partial charge on any atom is 0.233 e. The van der Waals surface area contributed by atoms with Gasteiger partial charge in [-0.15, -0.1) is 0 Å². The van der Waals surface area contributed by atoms with Gasteiger partial charge in [-0.1, -0.05) is 23.7 Å². The van der Waals surface area contributed by atoms with E-state index in [-0.39, 0.29) is 10.8 Å². The van der Waals surface area contributed by atoms with E-state index in [9.17, 15) is 13.2 Å². The van der Waals surface area contributed by atoms with Crippen molar-refractivity contribution in [2.45, 2.75) is 36.1 Å². The second kappa shape index (κ2) is 6.05. The van der Waals surface area contributed by atoms with Crippen molar-refractivity contribution in [3.05, 3.63) is 47.9 Å². The molecule has 1 aliphatic rings. The Balaban J connectivity index is 1.84. The zero-order valence-corrected chi connectivity index (χ0v) is 14.5. The molecule has 7 heteroatoms. The van der Waals surface area contributed by atoms with E-state index in [1.54, 1.807) is 42.3 Å². The lowest BCUT2D eigenvalue weighted by Crippen LogP contribution is -2.49. The molecule has 6 nitrogen and oxygen atoms in total. The van der Waals surface area contributed by atoms with Crippen LogP contribution in [0.4, 0.5) is 0 Å². The normalized spacial score (nSPS) is 16.4.